The minimum atomic E-state index is -1.18. The van der Waals surface area contributed by atoms with E-state index in [0.717, 1.165) is 25.3 Å². The lowest BCUT2D eigenvalue weighted by Crippen LogP contribution is -2.35. The van der Waals surface area contributed by atoms with Gasteiger partial charge in [-0.3, -0.25) is 9.59 Å². The Bertz CT molecular complexity index is 955. The standard InChI is InChI=1S/C23H30N6O4S/c1-2-29-20(13-16(14-24)22(31)32)34-19(21(29)30)15-26-17-5-7-18(8-6-17)27-23(33)25-9-12-28-10-3-4-11-28/h5-8,15-16,20,26H,2-4,9-13H2,1H3,(H,31,32)(H2,25,27,33)/b19-15+. The van der Waals surface area contributed by atoms with Gasteiger partial charge in [-0.15, -0.1) is 0 Å². The second-order valence-electron chi connectivity index (χ2n) is 8.08. The SMILES string of the molecule is CCN1C(=O)/C(=C\Nc2ccc(NC(=O)NCCN3CCCC3)cc2)SC1CC(C#N)C(=O)O. The monoisotopic (exact) mass is 486 g/mol. The lowest BCUT2D eigenvalue weighted by atomic mass is 10.1. The summed E-state index contributed by atoms with van der Waals surface area (Å²) >= 11 is 1.25. The molecule has 2 saturated heterocycles. The van der Waals surface area contributed by atoms with Crippen LogP contribution in [0.3, 0.4) is 0 Å². The molecule has 2 unspecified atom stereocenters. The van der Waals surface area contributed by atoms with E-state index in [2.05, 4.69) is 20.9 Å². The second-order valence-corrected chi connectivity index (χ2v) is 9.30. The van der Waals surface area contributed by atoms with Gasteiger partial charge >= 0.3 is 12.0 Å². The Morgan fingerprint density at radius 1 is 1.26 bits per heavy atom. The summed E-state index contributed by atoms with van der Waals surface area (Å²) < 4.78 is 0. The van der Waals surface area contributed by atoms with Gasteiger partial charge in [0.1, 0.15) is 5.92 Å². The molecule has 0 saturated carbocycles. The van der Waals surface area contributed by atoms with E-state index in [1.54, 1.807) is 41.4 Å². The van der Waals surface area contributed by atoms with Gasteiger partial charge in [-0.2, -0.15) is 5.26 Å². The van der Waals surface area contributed by atoms with Gasteiger partial charge < -0.3 is 30.9 Å². The molecule has 2 aliphatic heterocycles. The van der Waals surface area contributed by atoms with E-state index in [4.69, 9.17) is 10.4 Å². The van der Waals surface area contributed by atoms with Crippen LogP contribution >= 0.6 is 11.8 Å². The van der Waals surface area contributed by atoms with Crippen molar-refractivity contribution in [1.29, 1.82) is 5.26 Å². The molecule has 0 aromatic heterocycles. The van der Waals surface area contributed by atoms with Gasteiger partial charge in [-0.05, 0) is 57.1 Å². The number of amides is 3. The van der Waals surface area contributed by atoms with E-state index in [1.165, 1.54) is 24.6 Å². The van der Waals surface area contributed by atoms with E-state index >= 15 is 0 Å². The summed E-state index contributed by atoms with van der Waals surface area (Å²) in [5.41, 5.74) is 1.38. The van der Waals surface area contributed by atoms with Crippen molar-refractivity contribution in [2.45, 2.75) is 31.6 Å². The van der Waals surface area contributed by atoms with Crippen molar-refractivity contribution in [3.05, 3.63) is 35.4 Å². The van der Waals surface area contributed by atoms with Gasteiger partial charge in [-0.25, -0.2) is 4.79 Å². The minimum absolute atomic E-state index is 0.0634. The molecular weight excluding hydrogens is 456 g/mol. The molecule has 10 nitrogen and oxygen atoms in total. The number of aliphatic carboxylic acids is 1. The third-order valence-electron chi connectivity index (χ3n) is 5.74. The van der Waals surface area contributed by atoms with Gasteiger partial charge in [-0.1, -0.05) is 11.8 Å². The second kappa shape index (κ2) is 12.3. The minimum Gasteiger partial charge on any atom is -0.480 e. The Morgan fingerprint density at radius 3 is 2.56 bits per heavy atom. The van der Waals surface area contributed by atoms with Gasteiger partial charge in [0.15, 0.2) is 0 Å². The number of nitrogens with zero attached hydrogens (tertiary/aromatic N) is 3. The summed E-state index contributed by atoms with van der Waals surface area (Å²) in [4.78, 5) is 40.3. The van der Waals surface area contributed by atoms with Crippen molar-refractivity contribution in [2.75, 3.05) is 43.4 Å². The lowest BCUT2D eigenvalue weighted by molar-refractivity contribution is -0.140. The fourth-order valence-electron chi connectivity index (χ4n) is 3.87. The predicted molar refractivity (Wildman–Crippen MR) is 131 cm³/mol. The zero-order valence-electron chi connectivity index (χ0n) is 19.1. The van der Waals surface area contributed by atoms with Crippen molar-refractivity contribution in [3.63, 3.8) is 0 Å². The Balaban J connectivity index is 1.49. The number of carboxylic acids is 1. The molecule has 3 amide bonds. The lowest BCUT2D eigenvalue weighted by Gasteiger charge is -2.22. The number of nitriles is 1. The molecule has 1 aromatic carbocycles. The number of carboxylic acid groups (broad SMARTS) is 1. The Kier molecular flexibility index (Phi) is 9.18. The summed E-state index contributed by atoms with van der Waals surface area (Å²) in [6, 6.07) is 8.62. The Morgan fingerprint density at radius 2 is 1.94 bits per heavy atom. The van der Waals surface area contributed by atoms with Crippen LogP contribution in [0.25, 0.3) is 0 Å². The number of carbonyl (C=O) groups is 3. The quantitative estimate of drug-likeness (QED) is 0.371. The molecule has 2 heterocycles. The van der Waals surface area contributed by atoms with Crippen molar-refractivity contribution in [1.82, 2.24) is 15.1 Å². The van der Waals surface area contributed by atoms with Crippen LogP contribution in [0.15, 0.2) is 35.4 Å². The summed E-state index contributed by atoms with van der Waals surface area (Å²) in [5, 5.41) is 26.5. The van der Waals surface area contributed by atoms with Crippen molar-refractivity contribution in [2.24, 2.45) is 5.92 Å². The van der Waals surface area contributed by atoms with Crippen molar-refractivity contribution < 1.29 is 19.5 Å². The molecule has 4 N–H and O–H groups in total. The highest BCUT2D eigenvalue weighted by atomic mass is 32.2. The average molecular weight is 487 g/mol. The molecule has 2 aliphatic rings. The first-order valence-corrected chi connectivity index (χ1v) is 12.2. The summed E-state index contributed by atoms with van der Waals surface area (Å²) in [7, 11) is 0. The first-order valence-electron chi connectivity index (χ1n) is 11.3. The zero-order valence-corrected chi connectivity index (χ0v) is 19.9. The predicted octanol–water partition coefficient (Wildman–Crippen LogP) is 2.69. The number of rotatable bonds is 10. The summed E-state index contributed by atoms with van der Waals surface area (Å²) in [6.07, 6.45) is 4.10. The van der Waals surface area contributed by atoms with E-state index in [0.29, 0.717) is 23.7 Å². The zero-order chi connectivity index (χ0) is 24.5. The number of nitrogens with one attached hydrogen (secondary N) is 3. The molecule has 3 rings (SSSR count). The van der Waals surface area contributed by atoms with Crippen molar-refractivity contribution >= 4 is 41.0 Å². The number of hydrogen-bond donors (Lipinski definition) is 4. The molecule has 0 bridgehead atoms. The number of carbonyl (C=O) groups excluding carboxylic acids is 2. The molecule has 2 atom stereocenters. The van der Waals surface area contributed by atoms with Crippen molar-refractivity contribution in [3.8, 4) is 6.07 Å². The molecule has 0 spiro atoms. The van der Waals surface area contributed by atoms with Gasteiger partial charge in [0.05, 0.1) is 16.3 Å². The molecule has 182 valence electrons. The van der Waals surface area contributed by atoms with Crippen LogP contribution in [0.5, 0.6) is 0 Å². The van der Waals surface area contributed by atoms with Gasteiger partial charge in [0.25, 0.3) is 5.91 Å². The molecule has 34 heavy (non-hydrogen) atoms. The number of likely N-dealkylation sites (tertiary alicyclic amines) is 1. The highest BCUT2D eigenvalue weighted by Gasteiger charge is 2.37. The van der Waals surface area contributed by atoms with Crippen LogP contribution in [0, 0.1) is 17.2 Å². The number of thioether (sulfide) groups is 1. The maximum atomic E-state index is 12.7. The Hall–Kier alpha value is -3.23. The van der Waals surface area contributed by atoms with Gasteiger partial charge in [0, 0.05) is 43.6 Å². The molecule has 0 aliphatic carbocycles. The number of anilines is 2. The highest BCUT2D eigenvalue weighted by Crippen LogP contribution is 2.38. The van der Waals surface area contributed by atoms with E-state index in [1.807, 2.05) is 6.92 Å². The van der Waals surface area contributed by atoms with E-state index < -0.39 is 17.3 Å². The first kappa shape index (κ1) is 25.4. The first-order chi connectivity index (χ1) is 16.4. The highest BCUT2D eigenvalue weighted by molar-refractivity contribution is 8.05. The Labute approximate surface area is 203 Å². The van der Waals surface area contributed by atoms with Crippen LogP contribution < -0.4 is 16.0 Å². The van der Waals surface area contributed by atoms with Crippen LogP contribution in [-0.2, 0) is 9.59 Å². The third kappa shape index (κ3) is 6.88. The maximum Gasteiger partial charge on any atom is 0.321 e. The van der Waals surface area contributed by atoms with Crippen LogP contribution in [0.4, 0.5) is 16.2 Å². The molecular formula is C23H30N6O4S. The average Bonchev–Trinajstić information content (AvgIpc) is 3.44. The molecule has 1 aromatic rings. The third-order valence-corrected chi connectivity index (χ3v) is 7.00. The topological polar surface area (TPSA) is 138 Å². The largest absolute Gasteiger partial charge is 0.480 e. The smallest absolute Gasteiger partial charge is 0.321 e. The fraction of sp³-hybridized carbons (Fsp3) is 0.478. The van der Waals surface area contributed by atoms with E-state index in [-0.39, 0.29) is 18.4 Å². The summed E-state index contributed by atoms with van der Waals surface area (Å²) in [5.74, 6) is -2.55. The van der Waals surface area contributed by atoms with Crippen LogP contribution in [0.1, 0.15) is 26.2 Å². The van der Waals surface area contributed by atoms with Gasteiger partial charge in [0.2, 0.25) is 0 Å². The molecule has 11 heteroatoms. The summed E-state index contributed by atoms with van der Waals surface area (Å²) in [6.45, 7) is 5.88. The maximum absolute atomic E-state index is 12.7. The number of urea groups is 1. The molecule has 0 radical (unpaired) electrons. The number of benzene rings is 1. The normalized spacial score (nSPS) is 20.2. The molecule has 2 fully saturated rings. The van der Waals surface area contributed by atoms with E-state index in [9.17, 15) is 14.4 Å². The van der Waals surface area contributed by atoms with Crippen LogP contribution in [-0.4, -0.2) is 70.9 Å². The number of hydrogen-bond acceptors (Lipinski definition) is 7. The van der Waals surface area contributed by atoms with Crippen LogP contribution in [0.2, 0.25) is 0 Å². The number of likely N-dealkylation sites (N-methyl/N-ethyl adjacent to an activating group) is 1. The fourth-order valence-corrected chi connectivity index (χ4v) is 5.17.